The molecule has 6 heteroatoms. The number of phenols is 1. The fourth-order valence-electron chi connectivity index (χ4n) is 1.96. The molecule has 0 fully saturated rings. The molecular formula is C17H28N2O3S. The molecule has 0 aliphatic carbocycles. The predicted molar refractivity (Wildman–Crippen MR) is 95.2 cm³/mol. The Kier molecular flexibility index (Phi) is 7.55. The van der Waals surface area contributed by atoms with Crippen molar-refractivity contribution in [1.29, 1.82) is 0 Å². The Morgan fingerprint density at radius 2 is 1.87 bits per heavy atom. The van der Waals surface area contributed by atoms with E-state index in [-0.39, 0.29) is 22.6 Å². The zero-order chi connectivity index (χ0) is 17.5. The van der Waals surface area contributed by atoms with Crippen LogP contribution in [0.3, 0.4) is 0 Å². The number of urea groups is 1. The number of aromatic hydroxyl groups is 1. The molecule has 23 heavy (non-hydrogen) atoms. The van der Waals surface area contributed by atoms with Gasteiger partial charge in [0, 0.05) is 33.9 Å². The van der Waals surface area contributed by atoms with Crippen LogP contribution in [-0.2, 0) is 17.2 Å². The Bertz CT molecular complexity index is 524. The number of phenolic OH excluding ortho intramolecular Hbond substituents is 1. The van der Waals surface area contributed by atoms with E-state index in [9.17, 15) is 14.1 Å². The van der Waals surface area contributed by atoms with Crippen molar-refractivity contribution in [2.45, 2.75) is 51.3 Å². The van der Waals surface area contributed by atoms with E-state index in [4.69, 9.17) is 0 Å². The average Bonchev–Trinajstić information content (AvgIpc) is 2.45. The van der Waals surface area contributed by atoms with Crippen LogP contribution in [0.5, 0.6) is 5.75 Å². The van der Waals surface area contributed by atoms with Crippen LogP contribution in [-0.4, -0.2) is 38.4 Å². The number of aryl methyl sites for hydroxylation is 1. The van der Waals surface area contributed by atoms with Crippen LogP contribution in [0.1, 0.15) is 39.7 Å². The number of hydrogen-bond acceptors (Lipinski definition) is 3. The van der Waals surface area contributed by atoms with Crippen molar-refractivity contribution < 1.29 is 14.1 Å². The molecule has 0 radical (unpaired) electrons. The van der Waals surface area contributed by atoms with Crippen LogP contribution in [0.4, 0.5) is 4.79 Å². The monoisotopic (exact) mass is 340 g/mol. The summed E-state index contributed by atoms with van der Waals surface area (Å²) in [4.78, 5) is 11.8. The maximum absolute atomic E-state index is 11.9. The quantitative estimate of drug-likeness (QED) is 0.714. The SMILES string of the molecule is C[C@@H](CCc1ccc(O)cc1)NC(=O)NCC[S@](=O)C(C)(C)C. The first-order chi connectivity index (χ1) is 10.7. The van der Waals surface area contributed by atoms with Gasteiger partial charge in [0.05, 0.1) is 0 Å². The van der Waals surface area contributed by atoms with Gasteiger partial charge in [0.25, 0.3) is 0 Å². The summed E-state index contributed by atoms with van der Waals surface area (Å²) in [7, 11) is -0.960. The van der Waals surface area contributed by atoms with Crippen molar-refractivity contribution in [3.63, 3.8) is 0 Å². The number of carbonyl (C=O) groups excluding carboxylic acids is 1. The van der Waals surface area contributed by atoms with Gasteiger partial charge in [0.1, 0.15) is 5.75 Å². The highest BCUT2D eigenvalue weighted by molar-refractivity contribution is 7.86. The van der Waals surface area contributed by atoms with E-state index in [1.165, 1.54) is 0 Å². The second-order valence-electron chi connectivity index (χ2n) is 6.67. The van der Waals surface area contributed by atoms with Gasteiger partial charge >= 0.3 is 6.03 Å². The van der Waals surface area contributed by atoms with Gasteiger partial charge in [-0.2, -0.15) is 0 Å². The molecule has 1 aromatic carbocycles. The van der Waals surface area contributed by atoms with Gasteiger partial charge in [-0.3, -0.25) is 4.21 Å². The van der Waals surface area contributed by atoms with E-state index < -0.39 is 10.8 Å². The Morgan fingerprint density at radius 1 is 1.26 bits per heavy atom. The van der Waals surface area contributed by atoms with Crippen molar-refractivity contribution in [3.8, 4) is 5.75 Å². The summed E-state index contributed by atoms with van der Waals surface area (Å²) in [6.07, 6.45) is 1.64. The zero-order valence-electron chi connectivity index (χ0n) is 14.4. The van der Waals surface area contributed by atoms with Crippen LogP contribution in [0, 0.1) is 0 Å². The number of carbonyl (C=O) groups is 1. The molecule has 0 saturated heterocycles. The third kappa shape index (κ3) is 8.02. The van der Waals surface area contributed by atoms with Crippen LogP contribution in [0.15, 0.2) is 24.3 Å². The molecule has 1 aromatic rings. The smallest absolute Gasteiger partial charge is 0.315 e. The first-order valence-electron chi connectivity index (χ1n) is 7.89. The largest absolute Gasteiger partial charge is 0.508 e. The summed E-state index contributed by atoms with van der Waals surface area (Å²) < 4.78 is 11.6. The first kappa shape index (κ1) is 19.5. The van der Waals surface area contributed by atoms with E-state index in [0.29, 0.717) is 12.3 Å². The molecule has 0 aliphatic heterocycles. The van der Waals surface area contributed by atoms with Crippen LogP contribution in [0.2, 0.25) is 0 Å². The van der Waals surface area contributed by atoms with Gasteiger partial charge in [-0.15, -0.1) is 0 Å². The maximum Gasteiger partial charge on any atom is 0.315 e. The molecule has 5 nitrogen and oxygen atoms in total. The third-order valence-corrected chi connectivity index (χ3v) is 5.38. The summed E-state index contributed by atoms with van der Waals surface area (Å²) >= 11 is 0. The van der Waals surface area contributed by atoms with Gasteiger partial charge in [0.2, 0.25) is 0 Å². The molecule has 0 bridgehead atoms. The van der Waals surface area contributed by atoms with E-state index in [1.807, 2.05) is 39.8 Å². The topological polar surface area (TPSA) is 78.4 Å². The van der Waals surface area contributed by atoms with Crippen molar-refractivity contribution in [1.82, 2.24) is 10.6 Å². The molecule has 0 unspecified atom stereocenters. The predicted octanol–water partition coefficient (Wildman–Crippen LogP) is 2.56. The molecule has 0 saturated carbocycles. The highest BCUT2D eigenvalue weighted by atomic mass is 32.2. The molecule has 3 N–H and O–H groups in total. The molecule has 0 aromatic heterocycles. The Hall–Kier alpha value is -1.56. The van der Waals surface area contributed by atoms with E-state index in [2.05, 4.69) is 10.6 Å². The molecule has 0 spiro atoms. The molecule has 2 atom stereocenters. The summed E-state index contributed by atoms with van der Waals surface area (Å²) in [6.45, 7) is 8.13. The van der Waals surface area contributed by atoms with Crippen molar-refractivity contribution in [2.75, 3.05) is 12.3 Å². The summed E-state index contributed by atoms with van der Waals surface area (Å²) in [5.41, 5.74) is 1.12. The van der Waals surface area contributed by atoms with E-state index >= 15 is 0 Å². The number of amides is 2. The third-order valence-electron chi connectivity index (χ3n) is 3.44. The number of hydrogen-bond donors (Lipinski definition) is 3. The molecular weight excluding hydrogens is 312 g/mol. The van der Waals surface area contributed by atoms with Gasteiger partial charge in [-0.05, 0) is 58.2 Å². The lowest BCUT2D eigenvalue weighted by atomic mass is 10.1. The van der Waals surface area contributed by atoms with Gasteiger partial charge < -0.3 is 15.7 Å². The number of nitrogens with one attached hydrogen (secondary N) is 2. The summed E-state index contributed by atoms with van der Waals surface area (Å²) in [5.74, 6) is 0.714. The fourth-order valence-corrected chi connectivity index (χ4v) is 2.86. The standard InChI is InChI=1S/C17H28N2O3S/c1-13(5-6-14-7-9-15(20)10-8-14)19-16(21)18-11-12-23(22)17(2,3)4/h7-10,13,20H,5-6,11-12H2,1-4H3,(H2,18,19,21)/t13-,23-/m0/s1. The second kappa shape index (κ2) is 8.91. The van der Waals surface area contributed by atoms with Crippen molar-refractivity contribution in [3.05, 3.63) is 29.8 Å². The average molecular weight is 340 g/mol. The number of rotatable bonds is 7. The zero-order valence-corrected chi connectivity index (χ0v) is 15.2. The van der Waals surface area contributed by atoms with Gasteiger partial charge in [-0.1, -0.05) is 12.1 Å². The van der Waals surface area contributed by atoms with Crippen LogP contribution >= 0.6 is 0 Å². The fraction of sp³-hybridized carbons (Fsp3) is 0.588. The normalized spacial score (nSPS) is 14.1. The van der Waals surface area contributed by atoms with Crippen LogP contribution in [0.25, 0.3) is 0 Å². The Labute approximate surface area is 141 Å². The molecule has 2 amide bonds. The minimum Gasteiger partial charge on any atom is -0.508 e. The van der Waals surface area contributed by atoms with E-state index in [1.54, 1.807) is 12.1 Å². The van der Waals surface area contributed by atoms with Crippen molar-refractivity contribution >= 4 is 16.8 Å². The summed E-state index contributed by atoms with van der Waals surface area (Å²) in [6, 6.07) is 6.89. The lowest BCUT2D eigenvalue weighted by Gasteiger charge is -2.18. The Balaban J connectivity index is 2.23. The maximum atomic E-state index is 11.9. The van der Waals surface area contributed by atoms with E-state index in [0.717, 1.165) is 18.4 Å². The molecule has 130 valence electrons. The minimum atomic E-state index is -0.960. The number of benzene rings is 1. The lowest BCUT2D eigenvalue weighted by molar-refractivity contribution is 0.238. The Morgan fingerprint density at radius 3 is 2.43 bits per heavy atom. The minimum absolute atomic E-state index is 0.0388. The highest BCUT2D eigenvalue weighted by Gasteiger charge is 2.19. The van der Waals surface area contributed by atoms with Crippen molar-refractivity contribution in [2.24, 2.45) is 0 Å². The molecule has 0 aliphatic rings. The van der Waals surface area contributed by atoms with Gasteiger partial charge in [0.15, 0.2) is 0 Å². The first-order valence-corrected chi connectivity index (χ1v) is 9.21. The second-order valence-corrected chi connectivity index (χ2v) is 8.99. The summed E-state index contributed by atoms with van der Waals surface area (Å²) in [5, 5.41) is 14.9. The highest BCUT2D eigenvalue weighted by Crippen LogP contribution is 2.12. The van der Waals surface area contributed by atoms with Gasteiger partial charge in [-0.25, -0.2) is 4.79 Å². The molecule has 1 rings (SSSR count). The lowest BCUT2D eigenvalue weighted by Crippen LogP contribution is -2.43. The molecule has 0 heterocycles. The van der Waals surface area contributed by atoms with Crippen LogP contribution < -0.4 is 10.6 Å².